The average molecular weight is 319 g/mol. The van der Waals surface area contributed by atoms with Gasteiger partial charge in [-0.1, -0.05) is 6.07 Å². The number of benzene rings is 1. The molecular weight excluding hydrogens is 307 g/mol. The van der Waals surface area contributed by atoms with Crippen LogP contribution in [0.15, 0.2) is 18.2 Å². The molecule has 0 aliphatic heterocycles. The molecule has 21 heavy (non-hydrogen) atoms. The summed E-state index contributed by atoms with van der Waals surface area (Å²) in [5.41, 5.74) is 4.06. The van der Waals surface area contributed by atoms with E-state index in [4.69, 9.17) is 5.73 Å². The second kappa shape index (κ2) is 6.61. The van der Waals surface area contributed by atoms with E-state index in [-0.39, 0.29) is 18.6 Å². The van der Waals surface area contributed by atoms with Crippen LogP contribution < -0.4 is 5.73 Å². The van der Waals surface area contributed by atoms with E-state index in [0.29, 0.717) is 12.1 Å². The normalized spacial score (nSPS) is 14.3. The van der Waals surface area contributed by atoms with Crippen LogP contribution in [0.5, 0.6) is 0 Å². The summed E-state index contributed by atoms with van der Waals surface area (Å²) in [7, 11) is 0. The Morgan fingerprint density at radius 1 is 1.10 bits per heavy atom. The monoisotopic (exact) mass is 319 g/mol. The first kappa shape index (κ1) is 17.7. The zero-order valence-corrected chi connectivity index (χ0v) is 10.6. The van der Waals surface area contributed by atoms with Crippen LogP contribution in [0.3, 0.4) is 0 Å². The third-order valence-electron chi connectivity index (χ3n) is 2.56. The molecule has 0 amide bonds. The molecule has 0 spiro atoms. The predicted molar refractivity (Wildman–Crippen MR) is 59.8 cm³/mol. The molecule has 1 aromatic rings. The van der Waals surface area contributed by atoms with Crippen LogP contribution in [0, 0.1) is 5.82 Å². The Balaban J connectivity index is 2.65. The molecule has 1 rings (SSSR count). The molecule has 1 atom stereocenters. The van der Waals surface area contributed by atoms with Crippen LogP contribution in [0.25, 0.3) is 0 Å². The van der Waals surface area contributed by atoms with E-state index >= 15 is 0 Å². The van der Waals surface area contributed by atoms with Crippen LogP contribution in [0.1, 0.15) is 23.6 Å². The smallest absolute Gasteiger partial charge is 0.372 e. The summed E-state index contributed by atoms with van der Waals surface area (Å²) in [6, 6.07) is 1.23. The average Bonchev–Trinajstić information content (AvgIpc) is 2.32. The lowest BCUT2D eigenvalue weighted by Gasteiger charge is -2.15. The molecule has 2 nitrogen and oxygen atoms in total. The SMILES string of the molecule is NC(CCOCC(F)(F)F)c1ccc(F)c(C(F)(F)F)c1. The van der Waals surface area contributed by atoms with E-state index in [1.165, 1.54) is 0 Å². The molecule has 0 aliphatic rings. The van der Waals surface area contributed by atoms with E-state index in [2.05, 4.69) is 4.74 Å². The minimum atomic E-state index is -4.87. The van der Waals surface area contributed by atoms with Gasteiger partial charge in [0.25, 0.3) is 0 Å². The molecular formula is C12H12F7NO. The Labute approximate surface area is 115 Å². The summed E-state index contributed by atoms with van der Waals surface area (Å²) in [5, 5.41) is 0. The summed E-state index contributed by atoms with van der Waals surface area (Å²) in [4.78, 5) is 0. The van der Waals surface area contributed by atoms with Crippen molar-refractivity contribution in [2.24, 2.45) is 5.73 Å². The van der Waals surface area contributed by atoms with Crippen LogP contribution in [0.2, 0.25) is 0 Å². The maximum absolute atomic E-state index is 13.1. The van der Waals surface area contributed by atoms with Crippen LogP contribution >= 0.6 is 0 Å². The van der Waals surface area contributed by atoms with E-state index in [1.54, 1.807) is 0 Å². The van der Waals surface area contributed by atoms with Crippen LogP contribution in [0.4, 0.5) is 30.7 Å². The zero-order chi connectivity index (χ0) is 16.3. The molecule has 9 heteroatoms. The van der Waals surface area contributed by atoms with Gasteiger partial charge in [0.05, 0.1) is 5.56 Å². The van der Waals surface area contributed by atoms with Crippen molar-refractivity contribution in [3.8, 4) is 0 Å². The molecule has 0 saturated carbocycles. The summed E-state index contributed by atoms with van der Waals surface area (Å²) in [5.74, 6) is -1.44. The first-order chi connectivity index (χ1) is 9.50. The Bertz CT molecular complexity index is 470. The van der Waals surface area contributed by atoms with Crippen molar-refractivity contribution in [3.63, 3.8) is 0 Å². The van der Waals surface area contributed by atoms with Gasteiger partial charge in [-0.3, -0.25) is 0 Å². The number of halogens is 7. The molecule has 120 valence electrons. The molecule has 1 unspecified atom stereocenters. The minimum Gasteiger partial charge on any atom is -0.372 e. The van der Waals surface area contributed by atoms with Crippen LogP contribution in [-0.2, 0) is 10.9 Å². The molecule has 0 heterocycles. The summed E-state index contributed by atoms with van der Waals surface area (Å²) in [6.45, 7) is -1.84. The molecule has 0 radical (unpaired) electrons. The van der Waals surface area contributed by atoms with Gasteiger partial charge in [0.1, 0.15) is 12.4 Å². The van der Waals surface area contributed by atoms with E-state index in [0.717, 1.165) is 6.07 Å². The van der Waals surface area contributed by atoms with Crippen molar-refractivity contribution in [3.05, 3.63) is 35.1 Å². The zero-order valence-electron chi connectivity index (χ0n) is 10.6. The minimum absolute atomic E-state index is 0.0284. The molecule has 0 aromatic heterocycles. The quantitative estimate of drug-likeness (QED) is 0.661. The van der Waals surface area contributed by atoms with Crippen molar-refractivity contribution in [1.82, 2.24) is 0 Å². The lowest BCUT2D eigenvalue weighted by molar-refractivity contribution is -0.174. The number of ether oxygens (including phenoxy) is 1. The van der Waals surface area contributed by atoms with Gasteiger partial charge in [-0.25, -0.2) is 4.39 Å². The van der Waals surface area contributed by atoms with Gasteiger partial charge >= 0.3 is 12.4 Å². The van der Waals surface area contributed by atoms with Crippen molar-refractivity contribution in [2.75, 3.05) is 13.2 Å². The number of alkyl halides is 6. The maximum Gasteiger partial charge on any atom is 0.419 e. The summed E-state index contributed by atoms with van der Waals surface area (Å²) < 4.78 is 90.3. The summed E-state index contributed by atoms with van der Waals surface area (Å²) >= 11 is 0. The number of hydrogen-bond acceptors (Lipinski definition) is 2. The van der Waals surface area contributed by atoms with Crippen molar-refractivity contribution in [1.29, 1.82) is 0 Å². The highest BCUT2D eigenvalue weighted by atomic mass is 19.4. The maximum atomic E-state index is 13.1. The third kappa shape index (κ3) is 5.88. The first-order valence-corrected chi connectivity index (χ1v) is 5.77. The lowest BCUT2D eigenvalue weighted by Crippen LogP contribution is -2.20. The topological polar surface area (TPSA) is 35.2 Å². The van der Waals surface area contributed by atoms with Gasteiger partial charge in [-0.2, -0.15) is 26.3 Å². The second-order valence-corrected chi connectivity index (χ2v) is 4.30. The third-order valence-corrected chi connectivity index (χ3v) is 2.56. The molecule has 2 N–H and O–H groups in total. The Morgan fingerprint density at radius 3 is 2.24 bits per heavy atom. The fourth-order valence-electron chi connectivity index (χ4n) is 1.56. The Morgan fingerprint density at radius 2 is 1.71 bits per heavy atom. The number of nitrogens with two attached hydrogens (primary N) is 1. The highest BCUT2D eigenvalue weighted by Crippen LogP contribution is 2.33. The Hall–Kier alpha value is -1.35. The van der Waals surface area contributed by atoms with E-state index < -0.39 is 36.4 Å². The van der Waals surface area contributed by atoms with Gasteiger partial charge in [0, 0.05) is 12.6 Å². The molecule has 0 saturated heterocycles. The molecule has 1 aromatic carbocycles. The van der Waals surface area contributed by atoms with E-state index in [1.807, 2.05) is 0 Å². The fourth-order valence-corrected chi connectivity index (χ4v) is 1.56. The molecule has 0 bridgehead atoms. The summed E-state index contributed by atoms with van der Waals surface area (Å²) in [6.07, 6.45) is -9.48. The predicted octanol–water partition coefficient (Wildman–Crippen LogP) is 3.81. The number of rotatable bonds is 5. The van der Waals surface area contributed by atoms with Crippen molar-refractivity contribution >= 4 is 0 Å². The largest absolute Gasteiger partial charge is 0.419 e. The lowest BCUT2D eigenvalue weighted by atomic mass is 10.0. The van der Waals surface area contributed by atoms with Gasteiger partial charge in [0.15, 0.2) is 0 Å². The van der Waals surface area contributed by atoms with Gasteiger partial charge < -0.3 is 10.5 Å². The number of hydrogen-bond donors (Lipinski definition) is 1. The first-order valence-electron chi connectivity index (χ1n) is 5.77. The van der Waals surface area contributed by atoms with Gasteiger partial charge in [-0.15, -0.1) is 0 Å². The highest BCUT2D eigenvalue weighted by molar-refractivity contribution is 5.29. The van der Waals surface area contributed by atoms with Gasteiger partial charge in [0.2, 0.25) is 0 Å². The van der Waals surface area contributed by atoms with Crippen molar-refractivity contribution < 1.29 is 35.5 Å². The molecule has 0 aliphatic carbocycles. The van der Waals surface area contributed by atoms with Crippen molar-refractivity contribution in [2.45, 2.75) is 24.8 Å². The van der Waals surface area contributed by atoms with Gasteiger partial charge in [-0.05, 0) is 24.1 Å². The molecule has 0 fully saturated rings. The standard InChI is InChI=1S/C12H12F7NO/c13-9-2-1-7(5-8(9)12(17,18)19)10(20)3-4-21-6-11(14,15)16/h1-2,5,10H,3-4,6,20H2. The van der Waals surface area contributed by atoms with E-state index in [9.17, 15) is 30.7 Å². The van der Waals surface area contributed by atoms with Crippen LogP contribution in [-0.4, -0.2) is 19.4 Å². The highest BCUT2D eigenvalue weighted by Gasteiger charge is 2.34. The Kier molecular flexibility index (Phi) is 5.57. The second-order valence-electron chi connectivity index (χ2n) is 4.30. The fraction of sp³-hybridized carbons (Fsp3) is 0.500.